The first-order chi connectivity index (χ1) is 7.63. The second kappa shape index (κ2) is 6.64. The summed E-state index contributed by atoms with van der Waals surface area (Å²) in [6, 6.07) is 6.11. The Morgan fingerprint density at radius 3 is 2.31 bits per heavy atom. The van der Waals surface area contributed by atoms with E-state index < -0.39 is 6.10 Å². The topological polar surface area (TPSA) is 20.2 Å². The molecule has 0 heterocycles. The zero-order chi connectivity index (χ0) is 12.0. The van der Waals surface area contributed by atoms with Crippen molar-refractivity contribution in [1.29, 1.82) is 0 Å². The summed E-state index contributed by atoms with van der Waals surface area (Å²) < 4.78 is 12.7. The molecule has 1 rings (SSSR count). The number of halogens is 1. The molecule has 0 unspecified atom stereocenters. The van der Waals surface area contributed by atoms with E-state index in [4.69, 9.17) is 0 Å². The normalized spacial score (nSPS) is 14.8. The van der Waals surface area contributed by atoms with Crippen molar-refractivity contribution >= 4 is 0 Å². The fourth-order valence-corrected chi connectivity index (χ4v) is 1.93. The molecule has 90 valence electrons. The van der Waals surface area contributed by atoms with E-state index in [0.29, 0.717) is 5.92 Å². The molecular weight excluding hydrogens is 203 g/mol. The molecule has 0 spiro atoms. The van der Waals surface area contributed by atoms with Gasteiger partial charge in [-0.25, -0.2) is 4.39 Å². The Balaban J connectivity index is 2.40. The van der Waals surface area contributed by atoms with E-state index in [2.05, 4.69) is 13.8 Å². The Morgan fingerprint density at radius 2 is 1.75 bits per heavy atom. The maximum atomic E-state index is 12.7. The number of benzene rings is 1. The molecule has 1 aromatic rings. The fourth-order valence-electron chi connectivity index (χ4n) is 1.93. The summed E-state index contributed by atoms with van der Waals surface area (Å²) in [6.45, 7) is 4.38. The largest absolute Gasteiger partial charge is 0.388 e. The molecular formula is C14H21FO. The molecule has 0 radical (unpaired) electrons. The lowest BCUT2D eigenvalue weighted by molar-refractivity contribution is 0.157. The van der Waals surface area contributed by atoms with Gasteiger partial charge in [-0.05, 0) is 36.5 Å². The summed E-state index contributed by atoms with van der Waals surface area (Å²) >= 11 is 0. The van der Waals surface area contributed by atoms with Crippen molar-refractivity contribution in [2.24, 2.45) is 5.92 Å². The zero-order valence-electron chi connectivity index (χ0n) is 10.1. The van der Waals surface area contributed by atoms with Gasteiger partial charge in [0.05, 0.1) is 6.10 Å². The van der Waals surface area contributed by atoms with Gasteiger partial charge in [0.15, 0.2) is 0 Å². The minimum atomic E-state index is -0.458. The van der Waals surface area contributed by atoms with Crippen LogP contribution in [0.15, 0.2) is 24.3 Å². The van der Waals surface area contributed by atoms with Gasteiger partial charge in [0.2, 0.25) is 0 Å². The molecule has 0 bridgehead atoms. The van der Waals surface area contributed by atoms with E-state index in [1.54, 1.807) is 12.1 Å². The van der Waals surface area contributed by atoms with Gasteiger partial charge < -0.3 is 5.11 Å². The van der Waals surface area contributed by atoms with Gasteiger partial charge in [-0.3, -0.25) is 0 Å². The number of rotatable bonds is 6. The van der Waals surface area contributed by atoms with Crippen molar-refractivity contribution < 1.29 is 9.50 Å². The summed E-state index contributed by atoms with van der Waals surface area (Å²) in [4.78, 5) is 0. The Kier molecular flexibility index (Phi) is 5.47. The number of hydrogen-bond acceptors (Lipinski definition) is 1. The molecule has 1 N–H and O–H groups in total. The number of aliphatic hydroxyl groups is 1. The molecule has 1 aromatic carbocycles. The van der Waals surface area contributed by atoms with Gasteiger partial charge in [-0.1, -0.05) is 38.8 Å². The van der Waals surface area contributed by atoms with Crippen LogP contribution in [0, 0.1) is 11.7 Å². The van der Waals surface area contributed by atoms with Gasteiger partial charge in [0.1, 0.15) is 5.82 Å². The second-order valence-electron chi connectivity index (χ2n) is 4.54. The molecule has 0 aromatic heterocycles. The average molecular weight is 224 g/mol. The van der Waals surface area contributed by atoms with E-state index in [1.807, 2.05) is 0 Å². The van der Waals surface area contributed by atoms with Crippen LogP contribution in [0.4, 0.5) is 4.39 Å². The molecule has 0 aliphatic rings. The molecule has 0 fully saturated rings. The first kappa shape index (κ1) is 13.2. The maximum Gasteiger partial charge on any atom is 0.123 e. The lowest BCUT2D eigenvalue weighted by Gasteiger charge is -2.14. The molecule has 2 atom stereocenters. The highest BCUT2D eigenvalue weighted by Gasteiger charge is 2.09. The second-order valence-corrected chi connectivity index (χ2v) is 4.54. The first-order valence-corrected chi connectivity index (χ1v) is 6.07. The van der Waals surface area contributed by atoms with Crippen LogP contribution in [0.5, 0.6) is 0 Å². The van der Waals surface area contributed by atoms with Gasteiger partial charge in [-0.15, -0.1) is 0 Å². The van der Waals surface area contributed by atoms with Crippen molar-refractivity contribution in [2.75, 3.05) is 0 Å². The predicted octanol–water partition coefficient (Wildman–Crippen LogP) is 4.08. The van der Waals surface area contributed by atoms with E-state index in [9.17, 15) is 9.50 Å². The standard InChI is InChI=1S/C14H21FO/c1-3-4-11(2)5-10-14(16)12-6-8-13(15)9-7-12/h6-9,11,14,16H,3-5,10H2,1-2H3/t11-,14-/m0/s1. The maximum absolute atomic E-state index is 12.7. The summed E-state index contributed by atoms with van der Waals surface area (Å²) in [6.07, 6.45) is 3.71. The molecule has 0 aliphatic heterocycles. The zero-order valence-corrected chi connectivity index (χ0v) is 10.1. The fraction of sp³-hybridized carbons (Fsp3) is 0.571. The minimum Gasteiger partial charge on any atom is -0.388 e. The first-order valence-electron chi connectivity index (χ1n) is 6.07. The van der Waals surface area contributed by atoms with Crippen molar-refractivity contribution in [1.82, 2.24) is 0 Å². The molecule has 2 heteroatoms. The highest BCUT2D eigenvalue weighted by atomic mass is 19.1. The molecule has 16 heavy (non-hydrogen) atoms. The minimum absolute atomic E-state index is 0.254. The SMILES string of the molecule is CCC[C@H](C)CC[C@H](O)c1ccc(F)cc1. The lowest BCUT2D eigenvalue weighted by atomic mass is 9.96. The van der Waals surface area contributed by atoms with Crippen LogP contribution < -0.4 is 0 Å². The molecule has 1 nitrogen and oxygen atoms in total. The van der Waals surface area contributed by atoms with E-state index in [1.165, 1.54) is 25.0 Å². The van der Waals surface area contributed by atoms with Crippen LogP contribution in [0.2, 0.25) is 0 Å². The summed E-state index contributed by atoms with van der Waals surface area (Å²) in [5.41, 5.74) is 0.810. The third kappa shape index (κ3) is 4.31. The monoisotopic (exact) mass is 224 g/mol. The van der Waals surface area contributed by atoms with Crippen LogP contribution in [0.1, 0.15) is 51.2 Å². The Labute approximate surface area is 97.3 Å². The average Bonchev–Trinajstić information content (AvgIpc) is 2.27. The third-order valence-electron chi connectivity index (χ3n) is 2.97. The van der Waals surface area contributed by atoms with Crippen LogP contribution in [0.25, 0.3) is 0 Å². The predicted molar refractivity (Wildman–Crippen MR) is 64.7 cm³/mol. The van der Waals surface area contributed by atoms with Crippen molar-refractivity contribution in [3.8, 4) is 0 Å². The molecule has 0 saturated heterocycles. The third-order valence-corrected chi connectivity index (χ3v) is 2.97. The quantitative estimate of drug-likeness (QED) is 0.772. The molecule has 0 amide bonds. The van der Waals surface area contributed by atoms with E-state index in [0.717, 1.165) is 18.4 Å². The van der Waals surface area contributed by atoms with E-state index in [-0.39, 0.29) is 5.82 Å². The summed E-state index contributed by atoms with van der Waals surface area (Å²) in [5.74, 6) is 0.399. The van der Waals surface area contributed by atoms with Crippen LogP contribution >= 0.6 is 0 Å². The van der Waals surface area contributed by atoms with Crippen molar-refractivity contribution in [3.05, 3.63) is 35.6 Å². The van der Waals surface area contributed by atoms with Gasteiger partial charge in [-0.2, -0.15) is 0 Å². The number of aliphatic hydroxyl groups excluding tert-OH is 1. The number of hydrogen-bond donors (Lipinski definition) is 1. The van der Waals surface area contributed by atoms with Gasteiger partial charge in [0, 0.05) is 0 Å². The molecule has 0 saturated carbocycles. The van der Waals surface area contributed by atoms with Crippen LogP contribution in [0.3, 0.4) is 0 Å². The Bertz CT molecular complexity index is 294. The van der Waals surface area contributed by atoms with Crippen molar-refractivity contribution in [3.63, 3.8) is 0 Å². The Hall–Kier alpha value is -0.890. The summed E-state index contributed by atoms with van der Waals surface area (Å²) in [7, 11) is 0. The van der Waals surface area contributed by atoms with Crippen LogP contribution in [-0.2, 0) is 0 Å². The van der Waals surface area contributed by atoms with Gasteiger partial charge in [0.25, 0.3) is 0 Å². The van der Waals surface area contributed by atoms with E-state index >= 15 is 0 Å². The Morgan fingerprint density at radius 1 is 1.12 bits per heavy atom. The smallest absolute Gasteiger partial charge is 0.123 e. The lowest BCUT2D eigenvalue weighted by Crippen LogP contribution is -2.01. The highest BCUT2D eigenvalue weighted by molar-refractivity contribution is 5.18. The molecule has 0 aliphatic carbocycles. The van der Waals surface area contributed by atoms with Crippen LogP contribution in [-0.4, -0.2) is 5.11 Å². The van der Waals surface area contributed by atoms with Gasteiger partial charge >= 0.3 is 0 Å². The highest BCUT2D eigenvalue weighted by Crippen LogP contribution is 2.22. The summed E-state index contributed by atoms with van der Waals surface area (Å²) in [5, 5.41) is 9.91. The van der Waals surface area contributed by atoms with Crippen molar-refractivity contribution in [2.45, 2.75) is 45.6 Å².